The highest BCUT2D eigenvalue weighted by Gasteiger charge is 2.48. The maximum atomic E-state index is 13.5. The van der Waals surface area contributed by atoms with Crippen molar-refractivity contribution in [3.05, 3.63) is 75.6 Å². The van der Waals surface area contributed by atoms with E-state index in [1.54, 1.807) is 22.9 Å². The third-order valence-corrected chi connectivity index (χ3v) is 10.7. The molecule has 0 spiro atoms. The number of hydrogen-bond donors (Lipinski definition) is 2. The Kier molecular flexibility index (Phi) is 8.90. The van der Waals surface area contributed by atoms with E-state index in [-0.39, 0.29) is 40.6 Å². The first-order valence-corrected chi connectivity index (χ1v) is 17.1. The SMILES string of the molecule is CNC(=O)C(CCC=O)N1C(=O)c2ccc(N3CC(CN4Cc5cn(C6(C(=O)Nc7ccc(C(F)(F)F)cc7Cl)CCC6)nc5C4)C3)cc2C1=O. The molecule has 4 aliphatic rings. The van der Waals surface area contributed by atoms with Crippen molar-refractivity contribution in [1.82, 2.24) is 24.9 Å². The number of benzene rings is 2. The van der Waals surface area contributed by atoms with Crippen LogP contribution in [-0.4, -0.2) is 82.2 Å². The first-order chi connectivity index (χ1) is 24.3. The standard InChI is InChI=1S/C35H35ClF3N7O5/c1-40-30(48)29(4-2-11-47)46-31(49)24-7-6-23(13-25(24)32(46)50)44-15-20(16-44)14-43-17-21-18-45(42-28(21)19-43)34(9-3-10-34)33(51)41-27-8-5-22(12-26(27)36)35(37,38)39/h5-8,11-13,18,20,29H,2-4,9-10,14-17,19H2,1H3,(H,40,48)(H,41,51). The number of anilines is 2. The summed E-state index contributed by atoms with van der Waals surface area (Å²) >= 11 is 6.10. The molecule has 268 valence electrons. The molecule has 1 aromatic heterocycles. The fourth-order valence-electron chi connectivity index (χ4n) is 7.43. The summed E-state index contributed by atoms with van der Waals surface area (Å²) in [7, 11) is 1.42. The Hall–Kier alpha value is -4.76. The van der Waals surface area contributed by atoms with Crippen molar-refractivity contribution in [3.63, 3.8) is 0 Å². The molecular formula is C35H35ClF3N7O5. The molecule has 2 fully saturated rings. The van der Waals surface area contributed by atoms with E-state index in [4.69, 9.17) is 16.7 Å². The van der Waals surface area contributed by atoms with Crippen LogP contribution in [0.25, 0.3) is 0 Å². The Morgan fingerprint density at radius 1 is 1.08 bits per heavy atom. The van der Waals surface area contributed by atoms with Crippen molar-refractivity contribution in [1.29, 1.82) is 0 Å². The van der Waals surface area contributed by atoms with Gasteiger partial charge < -0.3 is 20.3 Å². The molecule has 51 heavy (non-hydrogen) atoms. The second-order valence-corrected chi connectivity index (χ2v) is 14.0. The van der Waals surface area contributed by atoms with E-state index in [9.17, 15) is 37.1 Å². The largest absolute Gasteiger partial charge is 0.416 e. The average molecular weight is 726 g/mol. The van der Waals surface area contributed by atoms with Crippen molar-refractivity contribution >= 4 is 52.9 Å². The van der Waals surface area contributed by atoms with E-state index < -0.39 is 41.0 Å². The van der Waals surface area contributed by atoms with E-state index in [0.717, 1.165) is 60.0 Å². The number of halogens is 4. The summed E-state index contributed by atoms with van der Waals surface area (Å²) in [4.78, 5) is 68.7. The van der Waals surface area contributed by atoms with Crippen LogP contribution < -0.4 is 15.5 Å². The highest BCUT2D eigenvalue weighted by molar-refractivity contribution is 6.33. The molecule has 1 unspecified atom stereocenters. The number of alkyl halides is 3. The second kappa shape index (κ2) is 13.1. The van der Waals surface area contributed by atoms with Crippen LogP contribution >= 0.6 is 11.6 Å². The first-order valence-electron chi connectivity index (χ1n) is 16.7. The lowest BCUT2D eigenvalue weighted by atomic mass is 9.76. The Labute approximate surface area is 295 Å². The molecule has 7 rings (SSSR count). The number of aromatic nitrogens is 2. The first kappa shape index (κ1) is 34.7. The van der Waals surface area contributed by atoms with Crippen molar-refractivity contribution in [2.24, 2.45) is 5.92 Å². The molecule has 1 atom stereocenters. The number of imide groups is 1. The minimum atomic E-state index is -4.54. The van der Waals surface area contributed by atoms with Gasteiger partial charge >= 0.3 is 6.18 Å². The van der Waals surface area contributed by atoms with Gasteiger partial charge in [-0.25, -0.2) is 0 Å². The quantitative estimate of drug-likeness (QED) is 0.222. The zero-order valence-electron chi connectivity index (χ0n) is 27.6. The molecule has 2 N–H and O–H groups in total. The fraction of sp³-hybridized carbons (Fsp3) is 0.429. The van der Waals surface area contributed by atoms with Gasteiger partial charge in [-0.2, -0.15) is 18.3 Å². The summed E-state index contributed by atoms with van der Waals surface area (Å²) in [6.07, 6.45) is 0.00413. The minimum Gasteiger partial charge on any atom is -0.371 e. The predicted molar refractivity (Wildman–Crippen MR) is 179 cm³/mol. The molecule has 4 amide bonds. The molecule has 12 nitrogen and oxygen atoms in total. The van der Waals surface area contributed by atoms with E-state index in [0.29, 0.717) is 38.1 Å². The molecule has 0 radical (unpaired) electrons. The Bertz CT molecular complexity index is 1910. The Morgan fingerprint density at radius 2 is 1.82 bits per heavy atom. The van der Waals surface area contributed by atoms with Crippen LogP contribution in [0, 0.1) is 5.92 Å². The van der Waals surface area contributed by atoms with Gasteiger partial charge in [0.1, 0.15) is 17.9 Å². The van der Waals surface area contributed by atoms with Gasteiger partial charge in [0.15, 0.2) is 0 Å². The molecular weight excluding hydrogens is 691 g/mol. The number of fused-ring (bicyclic) bond motifs is 2. The summed E-state index contributed by atoms with van der Waals surface area (Å²) in [5.41, 5.74) is 1.47. The zero-order valence-corrected chi connectivity index (χ0v) is 28.4. The maximum Gasteiger partial charge on any atom is 0.416 e. The van der Waals surface area contributed by atoms with Crippen LogP contribution in [0.2, 0.25) is 5.02 Å². The van der Waals surface area contributed by atoms with Crippen LogP contribution in [0.3, 0.4) is 0 Å². The fourth-order valence-corrected chi connectivity index (χ4v) is 7.66. The van der Waals surface area contributed by atoms with Crippen molar-refractivity contribution < 1.29 is 37.1 Å². The third-order valence-electron chi connectivity index (χ3n) is 10.4. The van der Waals surface area contributed by atoms with E-state index in [2.05, 4.69) is 20.4 Å². The van der Waals surface area contributed by atoms with Crippen LogP contribution in [-0.2, 0) is 39.2 Å². The summed E-state index contributed by atoms with van der Waals surface area (Å²) in [6.45, 7) is 3.58. The molecule has 0 bridgehead atoms. The molecule has 1 saturated carbocycles. The number of nitrogens with one attached hydrogen (secondary N) is 2. The highest BCUT2D eigenvalue weighted by Crippen LogP contribution is 2.42. The van der Waals surface area contributed by atoms with Gasteiger partial charge in [-0.1, -0.05) is 11.6 Å². The van der Waals surface area contributed by atoms with Crippen molar-refractivity contribution in [2.45, 2.75) is 63.0 Å². The summed E-state index contributed by atoms with van der Waals surface area (Å²) in [5, 5.41) is 9.80. The molecule has 1 aliphatic carbocycles. The molecule has 16 heteroatoms. The molecule has 3 aromatic rings. The number of likely N-dealkylation sites (N-methyl/N-ethyl adjacent to an activating group) is 1. The summed E-state index contributed by atoms with van der Waals surface area (Å²) in [5.74, 6) is -1.62. The van der Waals surface area contributed by atoms with E-state index >= 15 is 0 Å². The van der Waals surface area contributed by atoms with Crippen molar-refractivity contribution in [2.75, 3.05) is 36.9 Å². The van der Waals surface area contributed by atoms with Crippen LogP contribution in [0.4, 0.5) is 24.5 Å². The number of amides is 4. The van der Waals surface area contributed by atoms with Gasteiger partial charge in [0, 0.05) is 69.6 Å². The molecule has 4 heterocycles. The van der Waals surface area contributed by atoms with Gasteiger partial charge in [0.2, 0.25) is 5.91 Å². The van der Waals surface area contributed by atoms with Gasteiger partial charge in [-0.15, -0.1) is 0 Å². The normalized spacial score (nSPS) is 18.9. The number of aldehydes is 1. The number of carbonyl (C=O) groups excluding carboxylic acids is 5. The second-order valence-electron chi connectivity index (χ2n) is 13.6. The average Bonchev–Trinajstić information content (AvgIpc) is 3.69. The summed E-state index contributed by atoms with van der Waals surface area (Å²) < 4.78 is 40.9. The minimum absolute atomic E-state index is 0.0358. The van der Waals surface area contributed by atoms with Gasteiger partial charge in [0.05, 0.1) is 33.1 Å². The topological polar surface area (TPSA) is 137 Å². The number of nitrogens with zero attached hydrogens (tertiary/aromatic N) is 5. The van der Waals surface area contributed by atoms with Gasteiger partial charge in [0.25, 0.3) is 17.7 Å². The number of hydrogen-bond acceptors (Lipinski definition) is 8. The van der Waals surface area contributed by atoms with Crippen molar-refractivity contribution in [3.8, 4) is 0 Å². The van der Waals surface area contributed by atoms with E-state index in [1.807, 2.05) is 6.20 Å². The lowest BCUT2D eigenvalue weighted by molar-refractivity contribution is -0.137. The monoisotopic (exact) mass is 725 g/mol. The van der Waals surface area contributed by atoms with Crippen LogP contribution in [0.15, 0.2) is 42.6 Å². The lowest BCUT2D eigenvalue weighted by Gasteiger charge is -2.43. The zero-order chi connectivity index (χ0) is 36.2. The van der Waals surface area contributed by atoms with Gasteiger partial charge in [-0.05, 0) is 62.1 Å². The molecule has 2 aromatic carbocycles. The van der Waals surface area contributed by atoms with Crippen LogP contribution in [0.5, 0.6) is 0 Å². The number of carbonyl (C=O) groups is 5. The van der Waals surface area contributed by atoms with Crippen LogP contribution in [0.1, 0.15) is 69.6 Å². The third kappa shape index (κ3) is 6.15. The highest BCUT2D eigenvalue weighted by atomic mass is 35.5. The molecule has 3 aliphatic heterocycles. The number of rotatable bonds is 11. The van der Waals surface area contributed by atoms with Gasteiger partial charge in [-0.3, -0.25) is 33.7 Å². The summed E-state index contributed by atoms with van der Waals surface area (Å²) in [6, 6.07) is 6.90. The lowest BCUT2D eigenvalue weighted by Crippen LogP contribution is -2.51. The molecule has 1 saturated heterocycles. The Balaban J connectivity index is 0.946. The smallest absolute Gasteiger partial charge is 0.371 e. The Morgan fingerprint density at radius 3 is 2.45 bits per heavy atom. The van der Waals surface area contributed by atoms with E-state index in [1.165, 1.54) is 13.1 Å². The predicted octanol–water partition coefficient (Wildman–Crippen LogP) is 4.21. The maximum absolute atomic E-state index is 13.5.